The zero-order valence-corrected chi connectivity index (χ0v) is 18.3. The number of benzene rings is 2. The Morgan fingerprint density at radius 2 is 1.94 bits per heavy atom. The lowest BCUT2D eigenvalue weighted by molar-refractivity contribution is -0.113. The Hall–Kier alpha value is -3.52. The van der Waals surface area contributed by atoms with Gasteiger partial charge < -0.3 is 14.5 Å². The molecule has 0 fully saturated rings. The number of furan rings is 1. The number of methoxy groups -OCH3 is 1. The minimum Gasteiger partial charge on any atom is -0.495 e. The van der Waals surface area contributed by atoms with Gasteiger partial charge >= 0.3 is 0 Å². The Kier molecular flexibility index (Phi) is 6.08. The Balaban J connectivity index is 1.58. The van der Waals surface area contributed by atoms with E-state index >= 15 is 0 Å². The minimum atomic E-state index is -0.155. The maximum Gasteiger partial charge on any atom is 0.234 e. The van der Waals surface area contributed by atoms with Gasteiger partial charge in [-0.1, -0.05) is 36.0 Å². The number of rotatable bonds is 7. The van der Waals surface area contributed by atoms with Crippen molar-refractivity contribution in [3.05, 3.63) is 72.2 Å². The SMILES string of the molecule is COc1ccc(C)cc1NC(=O)CSc1nnc(-c2ccoc2C)n1-c1ccccc1. The number of hydrogen-bond acceptors (Lipinski definition) is 6. The van der Waals surface area contributed by atoms with E-state index in [4.69, 9.17) is 9.15 Å². The number of carbonyl (C=O) groups is 1. The summed E-state index contributed by atoms with van der Waals surface area (Å²) < 4.78 is 12.7. The van der Waals surface area contributed by atoms with Gasteiger partial charge in [0.25, 0.3) is 0 Å². The Morgan fingerprint density at radius 1 is 1.13 bits per heavy atom. The van der Waals surface area contributed by atoms with Crippen molar-refractivity contribution in [1.29, 1.82) is 0 Å². The van der Waals surface area contributed by atoms with E-state index in [1.807, 2.05) is 73.0 Å². The van der Waals surface area contributed by atoms with Crippen molar-refractivity contribution in [3.8, 4) is 22.8 Å². The third kappa shape index (κ3) is 4.49. The van der Waals surface area contributed by atoms with Gasteiger partial charge in [0.15, 0.2) is 11.0 Å². The van der Waals surface area contributed by atoms with E-state index in [1.54, 1.807) is 13.4 Å². The van der Waals surface area contributed by atoms with Crippen molar-refractivity contribution in [2.75, 3.05) is 18.2 Å². The summed E-state index contributed by atoms with van der Waals surface area (Å²) in [6, 6.07) is 17.3. The molecule has 1 amide bonds. The summed E-state index contributed by atoms with van der Waals surface area (Å²) in [5, 5.41) is 12.3. The van der Waals surface area contributed by atoms with Crippen LogP contribution in [0.5, 0.6) is 5.75 Å². The Morgan fingerprint density at radius 3 is 2.65 bits per heavy atom. The van der Waals surface area contributed by atoms with Crippen LogP contribution in [0.4, 0.5) is 5.69 Å². The summed E-state index contributed by atoms with van der Waals surface area (Å²) in [5.74, 6) is 2.06. The third-order valence-corrected chi connectivity index (χ3v) is 5.64. The van der Waals surface area contributed by atoms with Crippen LogP contribution in [0.2, 0.25) is 0 Å². The molecule has 158 valence electrons. The molecular formula is C23H22N4O3S. The molecule has 7 nitrogen and oxygen atoms in total. The van der Waals surface area contributed by atoms with Crippen LogP contribution >= 0.6 is 11.8 Å². The molecule has 0 radical (unpaired) electrons. The summed E-state index contributed by atoms with van der Waals surface area (Å²) >= 11 is 1.32. The number of nitrogens with one attached hydrogen (secondary N) is 1. The molecule has 0 bridgehead atoms. The van der Waals surface area contributed by atoms with Crippen LogP contribution in [0.3, 0.4) is 0 Å². The molecule has 1 N–H and O–H groups in total. The number of amides is 1. The molecule has 4 aromatic rings. The first-order chi connectivity index (χ1) is 15.1. The molecule has 0 spiro atoms. The lowest BCUT2D eigenvalue weighted by atomic mass is 10.2. The molecule has 0 atom stereocenters. The first kappa shape index (κ1) is 20.7. The van der Waals surface area contributed by atoms with E-state index in [9.17, 15) is 4.79 Å². The fraction of sp³-hybridized carbons (Fsp3) is 0.174. The zero-order chi connectivity index (χ0) is 21.8. The van der Waals surface area contributed by atoms with E-state index in [1.165, 1.54) is 11.8 Å². The van der Waals surface area contributed by atoms with Crippen LogP contribution in [0.15, 0.2) is 70.4 Å². The van der Waals surface area contributed by atoms with E-state index in [-0.39, 0.29) is 11.7 Å². The largest absolute Gasteiger partial charge is 0.495 e. The van der Waals surface area contributed by atoms with E-state index in [2.05, 4.69) is 15.5 Å². The molecule has 0 aliphatic rings. The average molecular weight is 435 g/mol. The summed E-state index contributed by atoms with van der Waals surface area (Å²) in [7, 11) is 1.58. The van der Waals surface area contributed by atoms with Crippen molar-refractivity contribution in [2.45, 2.75) is 19.0 Å². The third-order valence-electron chi connectivity index (χ3n) is 4.71. The smallest absolute Gasteiger partial charge is 0.234 e. The average Bonchev–Trinajstić information content (AvgIpc) is 3.38. The Labute approximate surface area is 184 Å². The maximum absolute atomic E-state index is 12.6. The monoisotopic (exact) mass is 434 g/mol. The summed E-state index contributed by atoms with van der Waals surface area (Å²) in [4.78, 5) is 12.6. The molecular weight excluding hydrogens is 412 g/mol. The van der Waals surface area contributed by atoms with Crippen LogP contribution in [-0.2, 0) is 4.79 Å². The summed E-state index contributed by atoms with van der Waals surface area (Å²) in [6.07, 6.45) is 1.63. The van der Waals surface area contributed by atoms with Gasteiger partial charge in [-0.05, 0) is 49.7 Å². The first-order valence-corrected chi connectivity index (χ1v) is 10.7. The fourth-order valence-corrected chi connectivity index (χ4v) is 3.95. The van der Waals surface area contributed by atoms with Gasteiger partial charge in [-0.3, -0.25) is 9.36 Å². The molecule has 31 heavy (non-hydrogen) atoms. The second-order valence-electron chi connectivity index (χ2n) is 6.91. The molecule has 0 aliphatic heterocycles. The predicted molar refractivity (Wildman–Crippen MR) is 121 cm³/mol. The molecule has 4 rings (SSSR count). The standard InChI is InChI=1S/C23H22N4O3S/c1-15-9-10-20(29-3)19(13-15)24-21(28)14-31-23-26-25-22(18-11-12-30-16(18)2)27(23)17-7-5-4-6-8-17/h4-13H,14H2,1-3H3,(H,24,28). The number of para-hydroxylation sites is 1. The normalized spacial score (nSPS) is 10.8. The molecule has 0 aliphatic carbocycles. The zero-order valence-electron chi connectivity index (χ0n) is 17.5. The van der Waals surface area contributed by atoms with E-state index in [0.29, 0.717) is 22.4 Å². The van der Waals surface area contributed by atoms with Crippen molar-refractivity contribution in [3.63, 3.8) is 0 Å². The van der Waals surface area contributed by atoms with Gasteiger partial charge in [-0.2, -0.15) is 0 Å². The lowest BCUT2D eigenvalue weighted by Crippen LogP contribution is -2.15. The molecule has 0 saturated carbocycles. The molecule has 0 saturated heterocycles. The lowest BCUT2D eigenvalue weighted by Gasteiger charge is -2.12. The highest BCUT2D eigenvalue weighted by Crippen LogP contribution is 2.31. The van der Waals surface area contributed by atoms with Crippen LogP contribution in [0.1, 0.15) is 11.3 Å². The quantitative estimate of drug-likeness (QED) is 0.417. The van der Waals surface area contributed by atoms with Crippen LogP contribution < -0.4 is 10.1 Å². The summed E-state index contributed by atoms with van der Waals surface area (Å²) in [5.41, 5.74) is 3.45. The van der Waals surface area contributed by atoms with Crippen LogP contribution in [-0.4, -0.2) is 33.5 Å². The number of ether oxygens (including phenoxy) is 1. The topological polar surface area (TPSA) is 82.2 Å². The van der Waals surface area contributed by atoms with Crippen LogP contribution in [0.25, 0.3) is 17.1 Å². The molecule has 2 aromatic carbocycles. The van der Waals surface area contributed by atoms with Crippen molar-refractivity contribution in [2.24, 2.45) is 0 Å². The second-order valence-corrected chi connectivity index (χ2v) is 7.85. The summed E-state index contributed by atoms with van der Waals surface area (Å²) in [6.45, 7) is 3.85. The number of anilines is 1. The number of aryl methyl sites for hydroxylation is 2. The fourth-order valence-electron chi connectivity index (χ4n) is 3.20. The van der Waals surface area contributed by atoms with Crippen molar-refractivity contribution >= 4 is 23.4 Å². The number of hydrogen-bond donors (Lipinski definition) is 1. The molecule has 8 heteroatoms. The van der Waals surface area contributed by atoms with Gasteiger partial charge in [0.05, 0.1) is 30.4 Å². The van der Waals surface area contributed by atoms with Gasteiger partial charge in [0.1, 0.15) is 11.5 Å². The van der Waals surface area contributed by atoms with Crippen LogP contribution in [0, 0.1) is 13.8 Å². The van der Waals surface area contributed by atoms with Gasteiger partial charge in [-0.25, -0.2) is 0 Å². The van der Waals surface area contributed by atoms with Gasteiger partial charge in [-0.15, -0.1) is 10.2 Å². The van der Waals surface area contributed by atoms with Gasteiger partial charge in [0, 0.05) is 5.69 Å². The number of aromatic nitrogens is 3. The van der Waals surface area contributed by atoms with E-state index in [0.717, 1.165) is 22.6 Å². The molecule has 2 heterocycles. The van der Waals surface area contributed by atoms with Crippen molar-refractivity contribution < 1.29 is 13.9 Å². The second kappa shape index (κ2) is 9.09. The highest BCUT2D eigenvalue weighted by Gasteiger charge is 2.20. The van der Waals surface area contributed by atoms with E-state index < -0.39 is 0 Å². The van der Waals surface area contributed by atoms with Crippen molar-refractivity contribution in [1.82, 2.24) is 14.8 Å². The predicted octanol–water partition coefficient (Wildman–Crippen LogP) is 4.88. The number of nitrogens with zero attached hydrogens (tertiary/aromatic N) is 3. The van der Waals surface area contributed by atoms with Gasteiger partial charge in [0.2, 0.25) is 5.91 Å². The maximum atomic E-state index is 12.6. The molecule has 2 aromatic heterocycles. The highest BCUT2D eigenvalue weighted by atomic mass is 32.2. The molecule has 0 unspecified atom stereocenters. The Bertz CT molecular complexity index is 1200. The minimum absolute atomic E-state index is 0.155. The number of thioether (sulfide) groups is 1. The number of carbonyl (C=O) groups excluding carboxylic acids is 1. The first-order valence-electron chi connectivity index (χ1n) is 9.69. The highest BCUT2D eigenvalue weighted by molar-refractivity contribution is 7.99.